The molecule has 0 unspecified atom stereocenters. The van der Waals surface area contributed by atoms with Gasteiger partial charge in [-0.15, -0.1) is 0 Å². The number of unbranched alkanes of at least 4 members (excludes halogenated alkanes) is 1. The molecule has 0 saturated carbocycles. The Morgan fingerprint density at radius 3 is 2.90 bits per heavy atom. The Labute approximate surface area is 135 Å². The van der Waals surface area contributed by atoms with Crippen molar-refractivity contribution in [3.05, 3.63) is 32.6 Å². The molecule has 0 aliphatic heterocycles. The van der Waals surface area contributed by atoms with Crippen molar-refractivity contribution in [3.8, 4) is 5.75 Å². The van der Waals surface area contributed by atoms with Crippen LogP contribution in [-0.4, -0.2) is 22.7 Å². The first-order valence-electron chi connectivity index (χ1n) is 6.19. The Bertz CT molecular complexity index is 660. The summed E-state index contributed by atoms with van der Waals surface area (Å²) in [5.74, 6) is -0.847. The number of hydrogen-bond acceptors (Lipinski definition) is 4. The maximum Gasteiger partial charge on any atom is 0.360 e. The highest BCUT2D eigenvalue weighted by Crippen LogP contribution is 2.33. The van der Waals surface area contributed by atoms with Crippen molar-refractivity contribution in [1.29, 1.82) is 0 Å². The fourth-order valence-electron chi connectivity index (χ4n) is 1.75. The van der Waals surface area contributed by atoms with Gasteiger partial charge in [-0.3, -0.25) is 0 Å². The van der Waals surface area contributed by atoms with E-state index in [0.29, 0.717) is 17.4 Å². The Hall–Kier alpha value is -1.08. The van der Waals surface area contributed by atoms with Crippen molar-refractivity contribution in [2.45, 2.75) is 19.8 Å². The van der Waals surface area contributed by atoms with Gasteiger partial charge < -0.3 is 9.84 Å². The topological polar surface area (TPSA) is 59.4 Å². The summed E-state index contributed by atoms with van der Waals surface area (Å²) in [6.45, 7) is 2.30. The second-order valence-electron chi connectivity index (χ2n) is 4.28. The molecule has 0 aliphatic carbocycles. The highest BCUT2D eigenvalue weighted by Gasteiger charge is 2.19. The van der Waals surface area contributed by atoms with E-state index in [4.69, 9.17) is 16.3 Å². The van der Waals surface area contributed by atoms with Gasteiger partial charge in [0, 0.05) is 14.3 Å². The SMILES string of the molecule is CCCCOC(=O)c1nc(Cl)c2cc(I)ccc2c1O. The molecule has 106 valence electrons. The number of aromatic hydroxyl groups is 1. The maximum absolute atomic E-state index is 11.9. The first kappa shape index (κ1) is 15.3. The smallest absolute Gasteiger partial charge is 0.360 e. The first-order valence-corrected chi connectivity index (χ1v) is 7.65. The van der Waals surface area contributed by atoms with E-state index in [2.05, 4.69) is 27.6 Å². The third kappa shape index (κ3) is 3.15. The molecule has 0 fully saturated rings. The van der Waals surface area contributed by atoms with Crippen molar-refractivity contribution in [3.63, 3.8) is 0 Å². The molecule has 0 bridgehead atoms. The van der Waals surface area contributed by atoms with Crippen LogP contribution in [0.3, 0.4) is 0 Å². The molecule has 1 aromatic heterocycles. The number of fused-ring (bicyclic) bond motifs is 1. The summed E-state index contributed by atoms with van der Waals surface area (Å²) >= 11 is 8.22. The fourth-order valence-corrected chi connectivity index (χ4v) is 2.48. The van der Waals surface area contributed by atoms with Crippen LogP contribution in [0.4, 0.5) is 0 Å². The minimum absolute atomic E-state index is 0.139. The third-order valence-corrected chi connectivity index (χ3v) is 3.78. The quantitative estimate of drug-likeness (QED) is 0.359. The Kier molecular flexibility index (Phi) is 5.04. The Morgan fingerprint density at radius 2 is 2.20 bits per heavy atom. The van der Waals surface area contributed by atoms with Gasteiger partial charge in [0.1, 0.15) is 5.15 Å². The second-order valence-corrected chi connectivity index (χ2v) is 5.88. The second kappa shape index (κ2) is 6.58. The minimum atomic E-state index is -0.654. The summed E-state index contributed by atoms with van der Waals surface area (Å²) in [4.78, 5) is 15.9. The Morgan fingerprint density at radius 1 is 1.45 bits per heavy atom. The van der Waals surface area contributed by atoms with E-state index in [9.17, 15) is 9.90 Å². The average Bonchev–Trinajstić information content (AvgIpc) is 2.42. The summed E-state index contributed by atoms with van der Waals surface area (Å²) in [5.41, 5.74) is -0.139. The van der Waals surface area contributed by atoms with Gasteiger partial charge in [-0.1, -0.05) is 24.9 Å². The lowest BCUT2D eigenvalue weighted by atomic mass is 10.1. The van der Waals surface area contributed by atoms with E-state index < -0.39 is 5.97 Å². The molecule has 0 amide bonds. The first-order chi connectivity index (χ1) is 9.54. The van der Waals surface area contributed by atoms with Gasteiger partial charge in [-0.2, -0.15) is 0 Å². The van der Waals surface area contributed by atoms with Crippen molar-refractivity contribution < 1.29 is 14.6 Å². The van der Waals surface area contributed by atoms with Gasteiger partial charge in [0.05, 0.1) is 6.61 Å². The predicted octanol–water partition coefficient (Wildman–Crippen LogP) is 4.16. The molecule has 0 radical (unpaired) electrons. The average molecular weight is 406 g/mol. The minimum Gasteiger partial charge on any atom is -0.505 e. The molecule has 4 nitrogen and oxygen atoms in total. The van der Waals surface area contributed by atoms with E-state index in [-0.39, 0.29) is 16.6 Å². The van der Waals surface area contributed by atoms with E-state index in [1.165, 1.54) is 0 Å². The highest BCUT2D eigenvalue weighted by atomic mass is 127. The van der Waals surface area contributed by atoms with Crippen LogP contribution in [0.1, 0.15) is 30.3 Å². The molecule has 2 aromatic rings. The molecular weight excluding hydrogens is 393 g/mol. The largest absolute Gasteiger partial charge is 0.505 e. The number of hydrogen-bond donors (Lipinski definition) is 1. The lowest BCUT2D eigenvalue weighted by Gasteiger charge is -2.09. The van der Waals surface area contributed by atoms with Crippen molar-refractivity contribution >= 4 is 50.9 Å². The van der Waals surface area contributed by atoms with Crippen molar-refractivity contribution in [2.75, 3.05) is 6.61 Å². The van der Waals surface area contributed by atoms with Crippen LogP contribution < -0.4 is 0 Å². The number of ether oxygens (including phenoxy) is 1. The summed E-state index contributed by atoms with van der Waals surface area (Å²) in [7, 11) is 0. The van der Waals surface area contributed by atoms with Crippen LogP contribution in [-0.2, 0) is 4.74 Å². The number of rotatable bonds is 4. The lowest BCUT2D eigenvalue weighted by Crippen LogP contribution is -2.09. The zero-order valence-electron chi connectivity index (χ0n) is 10.8. The third-order valence-electron chi connectivity index (χ3n) is 2.82. The standard InChI is InChI=1S/C14H13ClINO3/c1-2-3-6-20-14(19)11-12(18)9-5-4-8(16)7-10(9)13(15)17-11/h4-5,7,18H,2-3,6H2,1H3. The molecule has 1 aromatic carbocycles. The van der Waals surface area contributed by atoms with Gasteiger partial charge >= 0.3 is 5.97 Å². The zero-order valence-corrected chi connectivity index (χ0v) is 13.7. The molecule has 2 rings (SSSR count). The highest BCUT2D eigenvalue weighted by molar-refractivity contribution is 14.1. The van der Waals surface area contributed by atoms with E-state index >= 15 is 0 Å². The van der Waals surface area contributed by atoms with Crippen LogP contribution in [0.15, 0.2) is 18.2 Å². The molecular formula is C14H13ClINO3. The van der Waals surface area contributed by atoms with Crippen LogP contribution in [0.25, 0.3) is 10.8 Å². The summed E-state index contributed by atoms with van der Waals surface area (Å²) < 4.78 is 6.02. The normalized spacial score (nSPS) is 10.8. The number of pyridine rings is 1. The molecule has 0 atom stereocenters. The van der Waals surface area contributed by atoms with E-state index in [0.717, 1.165) is 16.4 Å². The van der Waals surface area contributed by atoms with Crippen molar-refractivity contribution in [2.24, 2.45) is 0 Å². The van der Waals surface area contributed by atoms with Crippen LogP contribution in [0, 0.1) is 3.57 Å². The van der Waals surface area contributed by atoms with Gasteiger partial charge in [0.25, 0.3) is 0 Å². The van der Waals surface area contributed by atoms with Crippen LogP contribution >= 0.6 is 34.2 Å². The molecule has 1 N–H and O–H groups in total. The number of halogens is 2. The number of aromatic nitrogens is 1. The summed E-state index contributed by atoms with van der Waals surface area (Å²) in [6.07, 6.45) is 1.69. The van der Waals surface area contributed by atoms with Crippen LogP contribution in [0.5, 0.6) is 5.75 Å². The number of carbonyl (C=O) groups excluding carboxylic acids is 1. The number of carbonyl (C=O) groups is 1. The number of benzene rings is 1. The zero-order chi connectivity index (χ0) is 14.7. The predicted molar refractivity (Wildman–Crippen MR) is 86.3 cm³/mol. The molecule has 0 aliphatic rings. The molecule has 1 heterocycles. The molecule has 0 spiro atoms. The number of nitrogens with zero attached hydrogens (tertiary/aromatic N) is 1. The fraction of sp³-hybridized carbons (Fsp3) is 0.286. The summed E-state index contributed by atoms with van der Waals surface area (Å²) in [6, 6.07) is 5.34. The molecule has 0 saturated heterocycles. The van der Waals surface area contributed by atoms with Gasteiger partial charge in [0.2, 0.25) is 0 Å². The number of esters is 1. The maximum atomic E-state index is 11.9. The summed E-state index contributed by atoms with van der Waals surface area (Å²) in [5, 5.41) is 11.5. The van der Waals surface area contributed by atoms with Gasteiger partial charge in [0.15, 0.2) is 11.4 Å². The van der Waals surface area contributed by atoms with E-state index in [1.807, 2.05) is 13.0 Å². The monoisotopic (exact) mass is 405 g/mol. The van der Waals surface area contributed by atoms with Gasteiger partial charge in [-0.05, 0) is 47.2 Å². The lowest BCUT2D eigenvalue weighted by molar-refractivity contribution is 0.0489. The molecule has 6 heteroatoms. The Balaban J connectivity index is 2.42. The van der Waals surface area contributed by atoms with E-state index in [1.54, 1.807) is 12.1 Å². The van der Waals surface area contributed by atoms with Crippen LogP contribution in [0.2, 0.25) is 5.15 Å². The van der Waals surface area contributed by atoms with Crippen molar-refractivity contribution in [1.82, 2.24) is 4.98 Å². The van der Waals surface area contributed by atoms with Gasteiger partial charge in [-0.25, -0.2) is 9.78 Å². The molecule has 20 heavy (non-hydrogen) atoms.